The van der Waals surface area contributed by atoms with Crippen LogP contribution in [-0.4, -0.2) is 42.6 Å². The normalized spacial score (nSPS) is 10.4. The molecule has 12 heavy (non-hydrogen) atoms. The highest BCUT2D eigenvalue weighted by Gasteiger charge is 1.95. The van der Waals surface area contributed by atoms with Crippen molar-refractivity contribution in [3.63, 3.8) is 0 Å². The number of nitrogens with two attached hydrogens (primary N) is 2. The largest absolute Gasteiger partial charge is 0.329 e. The minimum Gasteiger partial charge on any atom is -0.329 e. The molecule has 0 unspecified atom stereocenters. The molecule has 0 fully saturated rings. The maximum Gasteiger partial charge on any atom is 0.322 e. The van der Waals surface area contributed by atoms with Crippen LogP contribution in [0.2, 0.25) is 0 Å². The Balaban J connectivity index is 0. The maximum absolute atomic E-state index is 9.33. The van der Waals surface area contributed by atoms with E-state index in [4.69, 9.17) is 21.3 Å². The highest BCUT2D eigenvalue weighted by molar-refractivity contribution is 7.50. The van der Waals surface area contributed by atoms with Crippen molar-refractivity contribution in [2.24, 2.45) is 11.5 Å². The molecule has 0 heterocycles. The van der Waals surface area contributed by atoms with E-state index in [1.54, 1.807) is 0 Å². The molecule has 0 rings (SSSR count). The summed E-state index contributed by atoms with van der Waals surface area (Å²) in [5.41, 5.74) is 10.3. The van der Waals surface area contributed by atoms with Crippen molar-refractivity contribution >= 4 is 7.60 Å². The van der Waals surface area contributed by atoms with Gasteiger partial charge in [0.1, 0.15) is 0 Å². The fraction of sp³-hybridized carbons (Fsp3) is 1.00. The van der Waals surface area contributed by atoms with Gasteiger partial charge in [0.15, 0.2) is 0 Å². The van der Waals surface area contributed by atoms with Gasteiger partial charge in [0.2, 0.25) is 0 Å². The molecule has 0 atom stereocenters. The summed E-state index contributed by atoms with van der Waals surface area (Å²) in [4.78, 5) is 15.3. The number of rotatable bonds is 4. The third-order valence-electron chi connectivity index (χ3n) is 0.642. The molecule has 0 aliphatic rings. The average Bonchev–Trinajstić information content (AvgIpc) is 1.85. The van der Waals surface area contributed by atoms with Gasteiger partial charge in [-0.3, -0.25) is 4.57 Å². The predicted molar refractivity (Wildman–Crippen MR) is 48.9 cm³/mol. The Hall–Kier alpha value is 0.0300. The van der Waals surface area contributed by atoms with Crippen LogP contribution < -0.4 is 16.8 Å². The first-order valence-electron chi connectivity index (χ1n) is 3.55. The summed E-state index contributed by atoms with van der Waals surface area (Å²) in [5.74, 6) is 0. The lowest BCUT2D eigenvalue weighted by Gasteiger charge is -1.95. The Morgan fingerprint density at radius 1 is 1.25 bits per heavy atom. The van der Waals surface area contributed by atoms with E-state index < -0.39 is 7.60 Å². The molecule has 7 heteroatoms. The van der Waals surface area contributed by atoms with E-state index in [0.29, 0.717) is 13.1 Å². The molecule has 0 radical (unpaired) electrons. The summed E-state index contributed by atoms with van der Waals surface area (Å²) in [6.07, 6.45) is 0. The fourth-order valence-electron chi connectivity index (χ4n) is 0.329. The first-order chi connectivity index (χ1) is 5.41. The van der Waals surface area contributed by atoms with E-state index in [1.165, 1.54) is 0 Å². The van der Waals surface area contributed by atoms with Gasteiger partial charge in [0.25, 0.3) is 0 Å². The van der Waals surface area contributed by atoms with Crippen LogP contribution in [-0.2, 0) is 4.57 Å². The monoisotopic (exact) mass is 199 g/mol. The molecule has 0 spiro atoms. The van der Waals surface area contributed by atoms with Gasteiger partial charge >= 0.3 is 7.60 Å². The quantitative estimate of drug-likeness (QED) is 0.271. The Kier molecular flexibility index (Phi) is 11.1. The lowest BCUT2D eigenvalue weighted by atomic mass is 10.6. The van der Waals surface area contributed by atoms with Crippen LogP contribution in [0.15, 0.2) is 0 Å². The second kappa shape index (κ2) is 9.12. The molecule has 0 aromatic rings. The SMILES string of the molecule is CP(=O)(O)O.NCCNCCN. The molecule has 7 N–H and O–H groups in total. The molecule has 0 bridgehead atoms. The van der Waals surface area contributed by atoms with Crippen LogP contribution in [0.4, 0.5) is 0 Å². The van der Waals surface area contributed by atoms with E-state index in [9.17, 15) is 4.57 Å². The predicted octanol–water partition coefficient (Wildman–Crippen LogP) is -1.71. The molecule has 0 amide bonds. The van der Waals surface area contributed by atoms with Gasteiger partial charge in [-0.1, -0.05) is 0 Å². The van der Waals surface area contributed by atoms with E-state index >= 15 is 0 Å². The van der Waals surface area contributed by atoms with E-state index in [-0.39, 0.29) is 0 Å². The van der Waals surface area contributed by atoms with Crippen molar-refractivity contribution in [3.05, 3.63) is 0 Å². The van der Waals surface area contributed by atoms with Gasteiger partial charge < -0.3 is 26.6 Å². The second-order valence-electron chi connectivity index (χ2n) is 2.16. The smallest absolute Gasteiger partial charge is 0.322 e. The van der Waals surface area contributed by atoms with Crippen molar-refractivity contribution in [2.45, 2.75) is 0 Å². The number of hydrogen-bond acceptors (Lipinski definition) is 4. The average molecular weight is 199 g/mol. The van der Waals surface area contributed by atoms with Gasteiger partial charge in [-0.05, 0) is 0 Å². The molecular weight excluding hydrogens is 181 g/mol. The van der Waals surface area contributed by atoms with Crippen LogP contribution in [0.1, 0.15) is 0 Å². The second-order valence-corrected chi connectivity index (χ2v) is 3.83. The first kappa shape index (κ1) is 14.5. The molecule has 0 saturated heterocycles. The van der Waals surface area contributed by atoms with Gasteiger partial charge in [-0.25, -0.2) is 0 Å². The zero-order chi connectivity index (χ0) is 10.0. The third-order valence-corrected chi connectivity index (χ3v) is 0.642. The number of nitrogens with one attached hydrogen (secondary N) is 1. The van der Waals surface area contributed by atoms with E-state index in [1.807, 2.05) is 0 Å². The first-order valence-corrected chi connectivity index (χ1v) is 5.61. The van der Waals surface area contributed by atoms with Crippen molar-refractivity contribution in [1.29, 1.82) is 0 Å². The third kappa shape index (κ3) is 50.4. The van der Waals surface area contributed by atoms with Crippen LogP contribution in [0, 0.1) is 0 Å². The summed E-state index contributed by atoms with van der Waals surface area (Å²) >= 11 is 0. The summed E-state index contributed by atoms with van der Waals surface area (Å²) < 4.78 is 9.33. The van der Waals surface area contributed by atoms with Crippen LogP contribution in [0.25, 0.3) is 0 Å². The van der Waals surface area contributed by atoms with E-state index in [0.717, 1.165) is 19.8 Å². The molecular formula is C5H18N3O3P. The van der Waals surface area contributed by atoms with Crippen LogP contribution in [0.3, 0.4) is 0 Å². The fourth-order valence-corrected chi connectivity index (χ4v) is 0.329. The maximum atomic E-state index is 9.33. The molecule has 76 valence electrons. The lowest BCUT2D eigenvalue weighted by molar-refractivity contribution is 0.381. The Morgan fingerprint density at radius 3 is 1.67 bits per heavy atom. The minimum absolute atomic E-state index is 0.694. The van der Waals surface area contributed by atoms with Gasteiger partial charge in [0.05, 0.1) is 0 Å². The molecule has 0 aliphatic carbocycles. The van der Waals surface area contributed by atoms with Gasteiger partial charge in [-0.15, -0.1) is 0 Å². The summed E-state index contributed by atoms with van der Waals surface area (Å²) in [6.45, 7) is 3.99. The highest BCUT2D eigenvalue weighted by atomic mass is 31.2. The van der Waals surface area contributed by atoms with Gasteiger partial charge in [-0.2, -0.15) is 0 Å². The van der Waals surface area contributed by atoms with Crippen molar-refractivity contribution in [3.8, 4) is 0 Å². The molecule has 6 nitrogen and oxygen atoms in total. The Bertz CT molecular complexity index is 115. The van der Waals surface area contributed by atoms with Gasteiger partial charge in [0, 0.05) is 32.8 Å². The Morgan fingerprint density at radius 2 is 1.50 bits per heavy atom. The zero-order valence-electron chi connectivity index (χ0n) is 7.23. The molecule has 0 aromatic carbocycles. The van der Waals surface area contributed by atoms with Crippen molar-refractivity contribution in [2.75, 3.05) is 32.8 Å². The highest BCUT2D eigenvalue weighted by Crippen LogP contribution is 2.26. The summed E-state index contributed by atoms with van der Waals surface area (Å²) in [6, 6.07) is 0. The molecule has 0 aliphatic heterocycles. The molecule has 0 saturated carbocycles. The number of hydrogen-bond donors (Lipinski definition) is 5. The topological polar surface area (TPSA) is 122 Å². The Labute approximate surface area is 72.5 Å². The van der Waals surface area contributed by atoms with Crippen LogP contribution >= 0.6 is 7.60 Å². The van der Waals surface area contributed by atoms with Crippen molar-refractivity contribution in [1.82, 2.24) is 5.32 Å². The summed E-state index contributed by atoms with van der Waals surface area (Å²) in [7, 11) is -3.64. The zero-order valence-corrected chi connectivity index (χ0v) is 8.13. The van der Waals surface area contributed by atoms with E-state index in [2.05, 4.69) is 5.32 Å². The minimum atomic E-state index is -3.64. The van der Waals surface area contributed by atoms with Crippen LogP contribution in [0.5, 0.6) is 0 Å². The summed E-state index contributed by atoms with van der Waals surface area (Å²) in [5, 5.41) is 3.03. The molecule has 0 aromatic heterocycles. The standard InChI is InChI=1S/C4H13N3.CH5O3P/c5-1-3-7-4-2-6;1-5(2,3)4/h7H,1-6H2;1H3,(H2,2,3,4). The lowest BCUT2D eigenvalue weighted by Crippen LogP contribution is -2.27. The van der Waals surface area contributed by atoms with Crippen molar-refractivity contribution < 1.29 is 14.4 Å².